The van der Waals surface area contributed by atoms with Gasteiger partial charge in [-0.3, -0.25) is 4.57 Å². The minimum Gasteiger partial charge on any atom is -0.354 e. The predicted molar refractivity (Wildman–Crippen MR) is 83.5 cm³/mol. The van der Waals surface area contributed by atoms with Crippen molar-refractivity contribution in [1.29, 1.82) is 0 Å². The van der Waals surface area contributed by atoms with Crippen LogP contribution in [-0.4, -0.2) is 4.98 Å². The van der Waals surface area contributed by atoms with Crippen LogP contribution in [0.1, 0.15) is 26.3 Å². The molecule has 0 radical (unpaired) electrons. The van der Waals surface area contributed by atoms with Gasteiger partial charge in [0.15, 0.2) is 0 Å². The molecule has 2 aromatic carbocycles. The second kappa shape index (κ2) is 5.14. The predicted octanol–water partition coefficient (Wildman–Crippen LogP) is 5.09. The van der Waals surface area contributed by atoms with Crippen molar-refractivity contribution in [2.75, 3.05) is 0 Å². The summed E-state index contributed by atoms with van der Waals surface area (Å²) in [7, 11) is 1.72. The van der Waals surface area contributed by atoms with Gasteiger partial charge in [-0.15, -0.1) is 0 Å². The Morgan fingerprint density at radius 2 is 1.53 bits per heavy atom. The maximum absolute atomic E-state index is 8.06. The smallest absolute Gasteiger partial charge is 0.138 e. The Hall–Kier alpha value is -1.66. The van der Waals surface area contributed by atoms with Crippen LogP contribution in [0.2, 0.25) is 0 Å². The first-order valence-electron chi connectivity index (χ1n) is 6.28. The maximum Gasteiger partial charge on any atom is 0.138 e. The van der Waals surface area contributed by atoms with Crippen LogP contribution in [0, 0.1) is 0 Å². The van der Waals surface area contributed by atoms with Crippen molar-refractivity contribution in [1.82, 2.24) is 4.98 Å². The zero-order valence-corrected chi connectivity index (χ0v) is 12.4. The zero-order chi connectivity index (χ0) is 14.0. The molecule has 3 rings (SSSR count). The van der Waals surface area contributed by atoms with Gasteiger partial charge in [0, 0.05) is 16.3 Å². The summed E-state index contributed by atoms with van der Waals surface area (Å²) in [5.41, 5.74) is 4.05. The first-order valence-corrected chi connectivity index (χ1v) is 6.68. The zero-order valence-electron chi connectivity index (χ0n) is 11.4. The number of hydrogen-bond donors (Lipinski definition) is 1. The van der Waals surface area contributed by atoms with Crippen LogP contribution >= 0.6 is 9.12 Å². The van der Waals surface area contributed by atoms with Crippen LogP contribution in [0.15, 0.2) is 42.5 Å². The topological polar surface area (TPSA) is 32.9 Å². The average molecular weight is 271 g/mol. The molecule has 1 heterocycles. The van der Waals surface area contributed by atoms with Gasteiger partial charge < -0.3 is 4.98 Å². The largest absolute Gasteiger partial charge is 0.354 e. The Morgan fingerprint density at radius 3 is 2.21 bits per heavy atom. The molecule has 2 nitrogen and oxygen atoms in total. The van der Waals surface area contributed by atoms with Gasteiger partial charge in [0.25, 0.3) is 0 Å². The van der Waals surface area contributed by atoms with E-state index in [4.69, 9.17) is 4.57 Å². The van der Waals surface area contributed by atoms with E-state index in [2.05, 4.69) is 68.2 Å². The van der Waals surface area contributed by atoms with Crippen molar-refractivity contribution in [2.45, 2.75) is 26.2 Å². The fraction of sp³-hybridized carbons (Fsp3) is 0.250. The normalized spacial score (nSPS) is 11.3. The number of para-hydroxylation sites is 2. The molecular formula is C16H18NOP. The Balaban J connectivity index is 0.000000637. The molecule has 0 spiro atoms. The standard InChI is InChI=1S/C16H17N.HOP/c1-16(2,3)13-9-6-8-12-11-7-4-5-10-14(11)17-15(12)13;1-2/h4-10,17H,1-3H3;2H. The number of fused-ring (bicyclic) bond motifs is 3. The van der Waals surface area contributed by atoms with E-state index < -0.39 is 0 Å². The van der Waals surface area contributed by atoms with Gasteiger partial charge in [0.1, 0.15) is 9.12 Å². The summed E-state index contributed by atoms with van der Waals surface area (Å²) in [5.74, 6) is 0. The number of aromatic amines is 1. The lowest BCUT2D eigenvalue weighted by Crippen LogP contribution is -2.11. The van der Waals surface area contributed by atoms with E-state index >= 15 is 0 Å². The van der Waals surface area contributed by atoms with Crippen molar-refractivity contribution in [3.05, 3.63) is 48.0 Å². The number of H-pyrrole nitrogens is 1. The van der Waals surface area contributed by atoms with Crippen molar-refractivity contribution in [2.24, 2.45) is 0 Å². The number of benzene rings is 2. The van der Waals surface area contributed by atoms with Gasteiger partial charge in [0.05, 0.1) is 5.52 Å². The van der Waals surface area contributed by atoms with Gasteiger partial charge in [-0.1, -0.05) is 57.2 Å². The fourth-order valence-electron chi connectivity index (χ4n) is 2.50. The third-order valence-corrected chi connectivity index (χ3v) is 3.35. The van der Waals surface area contributed by atoms with E-state index in [-0.39, 0.29) is 5.41 Å². The summed E-state index contributed by atoms with van der Waals surface area (Å²) < 4.78 is 8.06. The fourth-order valence-corrected chi connectivity index (χ4v) is 2.50. The van der Waals surface area contributed by atoms with Gasteiger partial charge in [-0.25, -0.2) is 0 Å². The summed E-state index contributed by atoms with van der Waals surface area (Å²) in [6.07, 6.45) is 0. The number of rotatable bonds is 0. The number of nitrogens with one attached hydrogen (secondary N) is 1. The van der Waals surface area contributed by atoms with Gasteiger partial charge in [-0.05, 0) is 17.0 Å². The van der Waals surface area contributed by atoms with Crippen molar-refractivity contribution in [3.63, 3.8) is 0 Å². The van der Waals surface area contributed by atoms with E-state index in [9.17, 15) is 0 Å². The molecule has 1 aromatic heterocycles. The Kier molecular flexibility index (Phi) is 3.73. The summed E-state index contributed by atoms with van der Waals surface area (Å²) in [5, 5.41) is 2.64. The molecule has 3 heteroatoms. The Bertz CT molecular complexity index is 709. The third-order valence-electron chi connectivity index (χ3n) is 3.35. The van der Waals surface area contributed by atoms with Crippen molar-refractivity contribution >= 4 is 30.9 Å². The SMILES string of the molecule is CC(C)(C)c1cccc2c1[nH]c1ccccc12.O=P. The maximum atomic E-state index is 8.06. The van der Waals surface area contributed by atoms with Crippen LogP contribution < -0.4 is 0 Å². The van der Waals surface area contributed by atoms with Crippen LogP contribution in [-0.2, 0) is 9.98 Å². The molecule has 0 atom stereocenters. The van der Waals surface area contributed by atoms with Crippen LogP contribution in [0.5, 0.6) is 0 Å². The second-order valence-electron chi connectivity index (χ2n) is 5.65. The van der Waals surface area contributed by atoms with E-state index in [1.165, 1.54) is 27.4 Å². The Morgan fingerprint density at radius 1 is 0.895 bits per heavy atom. The lowest BCUT2D eigenvalue weighted by Gasteiger charge is -2.19. The summed E-state index contributed by atoms with van der Waals surface area (Å²) in [4.78, 5) is 3.55. The van der Waals surface area contributed by atoms with Gasteiger partial charge in [-0.2, -0.15) is 0 Å². The molecule has 0 aliphatic carbocycles. The molecule has 3 aromatic rings. The Labute approximate surface area is 115 Å². The first kappa shape index (κ1) is 13.8. The van der Waals surface area contributed by atoms with Crippen LogP contribution in [0.25, 0.3) is 21.8 Å². The molecular weight excluding hydrogens is 253 g/mol. The molecule has 0 amide bonds. The molecule has 0 bridgehead atoms. The lowest BCUT2D eigenvalue weighted by atomic mass is 9.86. The monoisotopic (exact) mass is 271 g/mol. The minimum atomic E-state index is 0.167. The highest BCUT2D eigenvalue weighted by atomic mass is 31.0. The molecule has 0 unspecified atom stereocenters. The second-order valence-corrected chi connectivity index (χ2v) is 5.65. The van der Waals surface area contributed by atoms with Crippen molar-refractivity contribution < 1.29 is 4.57 Å². The van der Waals surface area contributed by atoms with E-state index in [1.807, 2.05) is 0 Å². The van der Waals surface area contributed by atoms with Gasteiger partial charge >= 0.3 is 0 Å². The molecule has 0 aliphatic heterocycles. The summed E-state index contributed by atoms with van der Waals surface area (Å²) in [6.45, 7) is 6.77. The highest BCUT2D eigenvalue weighted by Crippen LogP contribution is 2.33. The molecule has 0 saturated carbocycles. The van der Waals surface area contributed by atoms with Crippen LogP contribution in [0.4, 0.5) is 0 Å². The first-order chi connectivity index (χ1) is 9.07. The lowest BCUT2D eigenvalue weighted by molar-refractivity contribution is 0.595. The highest BCUT2D eigenvalue weighted by molar-refractivity contribution is 7.00. The molecule has 1 N–H and O–H groups in total. The minimum absolute atomic E-state index is 0.167. The average Bonchev–Trinajstić information content (AvgIpc) is 2.78. The molecule has 98 valence electrons. The summed E-state index contributed by atoms with van der Waals surface area (Å²) >= 11 is 0. The molecule has 0 fully saturated rings. The van der Waals surface area contributed by atoms with E-state index in [0.29, 0.717) is 0 Å². The number of hydrogen-bond acceptors (Lipinski definition) is 1. The summed E-state index contributed by atoms with van der Waals surface area (Å²) in [6, 6.07) is 15.1. The van der Waals surface area contributed by atoms with E-state index in [1.54, 1.807) is 9.12 Å². The quantitative estimate of drug-likeness (QED) is 0.567. The highest BCUT2D eigenvalue weighted by Gasteiger charge is 2.18. The molecule has 19 heavy (non-hydrogen) atoms. The number of aromatic nitrogens is 1. The van der Waals surface area contributed by atoms with E-state index in [0.717, 1.165) is 0 Å². The van der Waals surface area contributed by atoms with Crippen molar-refractivity contribution in [3.8, 4) is 0 Å². The molecule has 0 aliphatic rings. The molecule has 0 saturated heterocycles. The van der Waals surface area contributed by atoms with Gasteiger partial charge in [0.2, 0.25) is 0 Å². The van der Waals surface area contributed by atoms with Crippen LogP contribution in [0.3, 0.4) is 0 Å². The third kappa shape index (κ3) is 2.41.